The van der Waals surface area contributed by atoms with Gasteiger partial charge in [0.25, 0.3) is 0 Å². The van der Waals surface area contributed by atoms with Gasteiger partial charge >= 0.3 is 5.97 Å². The van der Waals surface area contributed by atoms with Crippen molar-refractivity contribution in [3.05, 3.63) is 18.2 Å². The minimum Gasteiger partial charge on any atom is -0.481 e. The van der Waals surface area contributed by atoms with Crippen molar-refractivity contribution in [2.45, 2.75) is 25.9 Å². The van der Waals surface area contributed by atoms with Crippen LogP contribution in [0.25, 0.3) is 0 Å². The number of carboxylic acid groups (broad SMARTS) is 1. The van der Waals surface area contributed by atoms with E-state index in [-0.39, 0.29) is 0 Å². The summed E-state index contributed by atoms with van der Waals surface area (Å²) < 4.78 is 1.64. The van der Waals surface area contributed by atoms with E-state index in [2.05, 4.69) is 4.98 Å². The zero-order chi connectivity index (χ0) is 11.4. The van der Waals surface area contributed by atoms with Gasteiger partial charge in [-0.1, -0.05) is 13.3 Å². The number of carboxylic acids is 1. The fourth-order valence-electron chi connectivity index (χ4n) is 1.59. The van der Waals surface area contributed by atoms with Crippen molar-refractivity contribution in [2.24, 2.45) is 13.0 Å². The third-order valence-electron chi connectivity index (χ3n) is 2.45. The normalized spacial score (nSPS) is 14.9. The molecule has 0 saturated carbocycles. The molecule has 0 radical (unpaired) electrons. The van der Waals surface area contributed by atoms with Crippen LogP contribution in [0.15, 0.2) is 12.5 Å². The third kappa shape index (κ3) is 2.56. The molecule has 0 aliphatic rings. The highest BCUT2D eigenvalue weighted by atomic mass is 16.4. The van der Waals surface area contributed by atoms with Gasteiger partial charge in [0, 0.05) is 7.05 Å². The summed E-state index contributed by atoms with van der Waals surface area (Å²) in [5, 5.41) is 18.9. The molecule has 1 aromatic heterocycles. The van der Waals surface area contributed by atoms with Gasteiger partial charge in [-0.15, -0.1) is 0 Å². The maximum atomic E-state index is 10.9. The van der Waals surface area contributed by atoms with Crippen molar-refractivity contribution < 1.29 is 15.0 Å². The molecular weight excluding hydrogens is 196 g/mol. The van der Waals surface area contributed by atoms with Crippen LogP contribution in [0.5, 0.6) is 0 Å². The van der Waals surface area contributed by atoms with Crippen molar-refractivity contribution in [1.82, 2.24) is 9.55 Å². The lowest BCUT2D eigenvalue weighted by Gasteiger charge is -2.18. The van der Waals surface area contributed by atoms with Crippen LogP contribution >= 0.6 is 0 Å². The van der Waals surface area contributed by atoms with E-state index in [1.165, 1.54) is 6.20 Å². The summed E-state index contributed by atoms with van der Waals surface area (Å²) >= 11 is 0. The highest BCUT2D eigenvalue weighted by Crippen LogP contribution is 2.25. The maximum absolute atomic E-state index is 10.9. The van der Waals surface area contributed by atoms with E-state index in [1.54, 1.807) is 17.9 Å². The minimum atomic E-state index is -0.991. The Morgan fingerprint density at radius 2 is 2.33 bits per heavy atom. The predicted molar refractivity (Wildman–Crippen MR) is 54.2 cm³/mol. The molecule has 15 heavy (non-hydrogen) atoms. The number of carbonyl (C=O) groups is 1. The number of aromatic nitrogens is 2. The molecule has 0 bridgehead atoms. The van der Waals surface area contributed by atoms with Gasteiger partial charge in [-0.3, -0.25) is 4.79 Å². The summed E-state index contributed by atoms with van der Waals surface area (Å²) in [6.07, 6.45) is 3.24. The van der Waals surface area contributed by atoms with Crippen molar-refractivity contribution in [1.29, 1.82) is 0 Å². The van der Waals surface area contributed by atoms with Crippen LogP contribution in [0.2, 0.25) is 0 Å². The van der Waals surface area contributed by atoms with E-state index in [9.17, 15) is 9.90 Å². The lowest BCUT2D eigenvalue weighted by atomic mass is 9.95. The standard InChI is InChI=1S/C10H16N2O3/c1-3-4-7(10(14)15)9(13)8-5-11-6-12(8)2/h5-7,9,13H,3-4H2,1-2H3,(H,14,15). The largest absolute Gasteiger partial charge is 0.481 e. The number of hydrogen-bond acceptors (Lipinski definition) is 3. The molecule has 2 atom stereocenters. The van der Waals surface area contributed by atoms with Crippen LogP contribution in [0, 0.1) is 5.92 Å². The fourth-order valence-corrected chi connectivity index (χ4v) is 1.59. The number of hydrogen-bond donors (Lipinski definition) is 2. The molecule has 0 spiro atoms. The Hall–Kier alpha value is -1.36. The smallest absolute Gasteiger partial charge is 0.309 e. The van der Waals surface area contributed by atoms with E-state index in [0.29, 0.717) is 12.1 Å². The number of aliphatic hydroxyl groups is 1. The monoisotopic (exact) mass is 212 g/mol. The highest BCUT2D eigenvalue weighted by Gasteiger charge is 2.28. The zero-order valence-corrected chi connectivity index (χ0v) is 8.92. The van der Waals surface area contributed by atoms with Crippen LogP contribution in [0.3, 0.4) is 0 Å². The van der Waals surface area contributed by atoms with Crippen LogP contribution in [-0.2, 0) is 11.8 Å². The second-order valence-electron chi connectivity index (χ2n) is 3.61. The Balaban J connectivity index is 2.85. The van der Waals surface area contributed by atoms with Gasteiger partial charge in [0.1, 0.15) is 6.10 Å². The lowest BCUT2D eigenvalue weighted by molar-refractivity contribution is -0.146. The first-order valence-electron chi connectivity index (χ1n) is 4.95. The number of rotatable bonds is 5. The average Bonchev–Trinajstić information content (AvgIpc) is 2.59. The molecule has 0 saturated heterocycles. The van der Waals surface area contributed by atoms with Gasteiger partial charge < -0.3 is 14.8 Å². The van der Waals surface area contributed by atoms with Crippen molar-refractivity contribution in [2.75, 3.05) is 0 Å². The summed E-state index contributed by atoms with van der Waals surface area (Å²) in [6, 6.07) is 0. The molecule has 0 amide bonds. The summed E-state index contributed by atoms with van der Waals surface area (Å²) in [5.74, 6) is -1.73. The van der Waals surface area contributed by atoms with E-state index >= 15 is 0 Å². The molecule has 0 aromatic carbocycles. The molecule has 1 heterocycles. The second-order valence-corrected chi connectivity index (χ2v) is 3.61. The molecule has 5 heteroatoms. The second kappa shape index (κ2) is 4.93. The van der Waals surface area contributed by atoms with Gasteiger partial charge in [-0.05, 0) is 6.42 Å². The number of aliphatic carboxylic acids is 1. The Kier molecular flexibility index (Phi) is 3.85. The van der Waals surface area contributed by atoms with Crippen molar-refractivity contribution >= 4 is 5.97 Å². The van der Waals surface area contributed by atoms with E-state index in [1.807, 2.05) is 6.92 Å². The maximum Gasteiger partial charge on any atom is 0.309 e. The number of aryl methyl sites for hydroxylation is 1. The molecule has 0 aliphatic carbocycles. The topological polar surface area (TPSA) is 75.3 Å². The highest BCUT2D eigenvalue weighted by molar-refractivity contribution is 5.70. The third-order valence-corrected chi connectivity index (χ3v) is 2.45. The molecule has 2 unspecified atom stereocenters. The Morgan fingerprint density at radius 3 is 2.73 bits per heavy atom. The molecule has 1 rings (SSSR count). The van der Waals surface area contributed by atoms with Crippen LogP contribution < -0.4 is 0 Å². The summed E-state index contributed by atoms with van der Waals surface area (Å²) in [7, 11) is 1.73. The van der Waals surface area contributed by atoms with Gasteiger partial charge in [0.2, 0.25) is 0 Å². The minimum absolute atomic E-state index is 0.460. The van der Waals surface area contributed by atoms with Crippen LogP contribution in [-0.4, -0.2) is 25.7 Å². The molecular formula is C10H16N2O3. The molecule has 2 N–H and O–H groups in total. The summed E-state index contributed by atoms with van der Waals surface area (Å²) in [4.78, 5) is 14.8. The molecule has 5 nitrogen and oxygen atoms in total. The van der Waals surface area contributed by atoms with Crippen LogP contribution in [0.4, 0.5) is 0 Å². The number of aliphatic hydroxyl groups excluding tert-OH is 1. The first kappa shape index (κ1) is 11.7. The van der Waals surface area contributed by atoms with Crippen molar-refractivity contribution in [3.8, 4) is 0 Å². The number of imidazole rings is 1. The quantitative estimate of drug-likeness (QED) is 0.762. The zero-order valence-electron chi connectivity index (χ0n) is 8.92. The number of nitrogens with zero attached hydrogens (tertiary/aromatic N) is 2. The first-order chi connectivity index (χ1) is 7.07. The van der Waals surface area contributed by atoms with Gasteiger partial charge in [0.15, 0.2) is 0 Å². The summed E-state index contributed by atoms with van der Waals surface area (Å²) in [6.45, 7) is 1.89. The van der Waals surface area contributed by atoms with Crippen molar-refractivity contribution in [3.63, 3.8) is 0 Å². The van der Waals surface area contributed by atoms with Gasteiger partial charge in [0.05, 0.1) is 24.1 Å². The lowest BCUT2D eigenvalue weighted by Crippen LogP contribution is -2.23. The van der Waals surface area contributed by atoms with E-state index in [4.69, 9.17) is 5.11 Å². The summed E-state index contributed by atoms with van der Waals surface area (Å²) in [5.41, 5.74) is 0.538. The molecule has 0 fully saturated rings. The fraction of sp³-hybridized carbons (Fsp3) is 0.600. The molecule has 0 aliphatic heterocycles. The Bertz CT molecular complexity index is 335. The molecule has 1 aromatic rings. The molecule has 84 valence electrons. The average molecular weight is 212 g/mol. The van der Waals surface area contributed by atoms with E-state index in [0.717, 1.165) is 6.42 Å². The Labute approximate surface area is 88.4 Å². The van der Waals surface area contributed by atoms with E-state index < -0.39 is 18.0 Å². The van der Waals surface area contributed by atoms with Crippen LogP contribution in [0.1, 0.15) is 31.6 Å². The van der Waals surface area contributed by atoms with Gasteiger partial charge in [-0.2, -0.15) is 0 Å². The first-order valence-corrected chi connectivity index (χ1v) is 4.95. The predicted octanol–water partition coefficient (Wildman–Crippen LogP) is 0.954. The van der Waals surface area contributed by atoms with Gasteiger partial charge in [-0.25, -0.2) is 4.98 Å². The Morgan fingerprint density at radius 1 is 1.67 bits per heavy atom. The SMILES string of the molecule is CCCC(C(=O)O)C(O)c1cncn1C.